The SMILES string of the molecule is C1=CC2=C(CC1)/C1=N/c3c4ccccc4c4n3[Si](OCC3CCCCC3)(OCC3CCCCC3)N3/C(=N\C2=N1)c1ccccc1C3NC1=N/C(=N\4)c2ccccc21. The van der Waals surface area contributed by atoms with E-state index in [-0.39, 0.29) is 0 Å². The summed E-state index contributed by atoms with van der Waals surface area (Å²) in [5.41, 5.74) is 6.35. The van der Waals surface area contributed by atoms with Crippen LogP contribution in [0.4, 0.5) is 11.6 Å². The van der Waals surface area contributed by atoms with Crippen molar-refractivity contribution >= 4 is 60.5 Å². The van der Waals surface area contributed by atoms with E-state index >= 15 is 0 Å². The van der Waals surface area contributed by atoms with Crippen LogP contribution in [-0.2, 0) is 8.85 Å². The standard InChI is InChI=1S/C46H46N8O2Si/c1-3-15-29(16-4-1)27-55-57(56-28-30-17-5-2-6-18-30)53-43-35-23-11-12-24-36(35)45(53)51-41-33-21-9-10-22-34(33)42(48-41)52-46-38-26-14-13-25-37(38)44(54(46)57)50-40-32-20-8-7-19-31(32)39(47-40)49-43/h7-9,11-14,19-21,23-26,29-30,43H,1-6,10,15-18,22,27-28H2,(H,47,49,50)/b51-45-,52-42-. The Labute approximate surface area is 334 Å². The van der Waals surface area contributed by atoms with Gasteiger partial charge < -0.3 is 14.2 Å². The Balaban J connectivity index is 1.22. The number of rotatable bonds is 6. The molecule has 4 aromatic rings. The zero-order valence-corrected chi connectivity index (χ0v) is 33.2. The molecular weight excluding hydrogens is 725 g/mol. The second-order valence-corrected chi connectivity index (χ2v) is 19.4. The summed E-state index contributed by atoms with van der Waals surface area (Å²) in [6, 6.07) is 25.7. The molecule has 0 radical (unpaired) electrons. The second kappa shape index (κ2) is 13.4. The number of hydrogen-bond donors (Lipinski definition) is 1. The van der Waals surface area contributed by atoms with Gasteiger partial charge in [0, 0.05) is 57.4 Å². The molecule has 3 aromatic carbocycles. The smallest absolute Gasteiger partial charge is 0.361 e. The number of allylic oxidation sites excluding steroid dienone is 1. The molecule has 5 aliphatic heterocycles. The fraction of sp³-hybridized carbons (Fsp3) is 0.370. The number of nitrogens with zero attached hydrogens (tertiary/aromatic N) is 7. The summed E-state index contributed by atoms with van der Waals surface area (Å²) in [4.78, 5) is 27.5. The van der Waals surface area contributed by atoms with E-state index in [2.05, 4.69) is 99.1 Å². The molecule has 286 valence electrons. The number of aliphatic imine (C=N–C) groups is 5. The van der Waals surface area contributed by atoms with E-state index in [0.29, 0.717) is 42.6 Å². The van der Waals surface area contributed by atoms with Crippen LogP contribution >= 0.6 is 0 Å². The Morgan fingerprint density at radius 3 is 1.98 bits per heavy atom. The van der Waals surface area contributed by atoms with Crippen molar-refractivity contribution in [3.8, 4) is 0 Å². The van der Waals surface area contributed by atoms with Gasteiger partial charge in [-0.15, -0.1) is 0 Å². The fourth-order valence-electron chi connectivity index (χ4n) is 10.4. The van der Waals surface area contributed by atoms with Crippen molar-refractivity contribution in [2.75, 3.05) is 13.2 Å². The summed E-state index contributed by atoms with van der Waals surface area (Å²) in [7, 11) is -3.97. The van der Waals surface area contributed by atoms with Crippen molar-refractivity contribution in [3.63, 3.8) is 0 Å². The Morgan fingerprint density at radius 1 is 0.632 bits per heavy atom. The lowest BCUT2D eigenvalue weighted by atomic mass is 9.90. The van der Waals surface area contributed by atoms with Crippen molar-refractivity contribution in [3.05, 3.63) is 118 Å². The predicted molar refractivity (Wildman–Crippen MR) is 228 cm³/mol. The molecule has 0 spiro atoms. The largest absolute Gasteiger partial charge is 0.599 e. The normalized spacial score (nSPS) is 25.9. The maximum absolute atomic E-state index is 7.89. The minimum Gasteiger partial charge on any atom is -0.361 e. The lowest BCUT2D eigenvalue weighted by molar-refractivity contribution is 0.0680. The van der Waals surface area contributed by atoms with Crippen LogP contribution in [0.1, 0.15) is 105 Å². The topological polar surface area (TPSA) is 100 Å². The third-order valence-electron chi connectivity index (χ3n) is 13.3. The van der Waals surface area contributed by atoms with E-state index in [4.69, 9.17) is 33.8 Å². The van der Waals surface area contributed by atoms with E-state index in [1.807, 2.05) is 0 Å². The van der Waals surface area contributed by atoms with Gasteiger partial charge in [-0.2, -0.15) is 0 Å². The summed E-state index contributed by atoms with van der Waals surface area (Å²) in [5.74, 6) is 6.07. The highest BCUT2D eigenvalue weighted by Crippen LogP contribution is 2.49. The van der Waals surface area contributed by atoms with Gasteiger partial charge in [-0.1, -0.05) is 123 Å². The first kappa shape index (κ1) is 33.9. The van der Waals surface area contributed by atoms with Crippen LogP contribution < -0.4 is 5.32 Å². The van der Waals surface area contributed by atoms with Gasteiger partial charge in [0.2, 0.25) is 0 Å². The van der Waals surface area contributed by atoms with Crippen molar-refractivity contribution in [2.45, 2.75) is 83.2 Å². The number of amidine groups is 5. The first-order valence-electron chi connectivity index (χ1n) is 21.2. The molecule has 8 aliphatic rings. The van der Waals surface area contributed by atoms with Gasteiger partial charge in [-0.3, -0.25) is 8.80 Å². The van der Waals surface area contributed by atoms with E-state index in [1.54, 1.807) is 0 Å². The molecule has 6 bridgehead atoms. The van der Waals surface area contributed by atoms with Crippen LogP contribution in [0.15, 0.2) is 121 Å². The Kier molecular flexibility index (Phi) is 7.98. The molecule has 11 heteroatoms. The molecule has 3 aliphatic carbocycles. The fourth-order valence-corrected chi connectivity index (χ4v) is 14.0. The average molecular weight is 771 g/mol. The highest BCUT2D eigenvalue weighted by Gasteiger charge is 2.61. The van der Waals surface area contributed by atoms with Crippen LogP contribution in [0.5, 0.6) is 0 Å². The zero-order chi connectivity index (χ0) is 37.5. The minimum atomic E-state index is -3.97. The van der Waals surface area contributed by atoms with Gasteiger partial charge >= 0.3 is 8.88 Å². The third kappa shape index (κ3) is 5.31. The van der Waals surface area contributed by atoms with Crippen molar-refractivity contribution in [2.24, 2.45) is 36.8 Å². The molecule has 2 saturated carbocycles. The summed E-state index contributed by atoms with van der Waals surface area (Å²) < 4.78 is 20.5. The minimum absolute atomic E-state index is 0.417. The lowest BCUT2D eigenvalue weighted by Crippen LogP contribution is -2.67. The quantitative estimate of drug-likeness (QED) is 0.198. The summed E-state index contributed by atoms with van der Waals surface area (Å²) >= 11 is 0. The van der Waals surface area contributed by atoms with Gasteiger partial charge in [-0.25, -0.2) is 25.0 Å². The first-order valence-corrected chi connectivity index (χ1v) is 23.0. The van der Waals surface area contributed by atoms with E-state index in [1.165, 1.54) is 38.5 Å². The molecule has 12 rings (SSSR count). The molecule has 1 N–H and O–H groups in total. The first-order chi connectivity index (χ1) is 28.2. The molecule has 1 unspecified atom stereocenters. The maximum Gasteiger partial charge on any atom is 0.599 e. The monoisotopic (exact) mass is 770 g/mol. The van der Waals surface area contributed by atoms with E-state index in [9.17, 15) is 0 Å². The van der Waals surface area contributed by atoms with Gasteiger partial charge in [0.1, 0.15) is 29.5 Å². The molecule has 1 atom stereocenters. The number of benzene rings is 3. The average Bonchev–Trinajstić information content (AvgIpc) is 3.98. The van der Waals surface area contributed by atoms with Crippen molar-refractivity contribution in [1.29, 1.82) is 0 Å². The van der Waals surface area contributed by atoms with Gasteiger partial charge in [0.25, 0.3) is 0 Å². The zero-order valence-electron chi connectivity index (χ0n) is 32.2. The second-order valence-electron chi connectivity index (χ2n) is 16.8. The van der Waals surface area contributed by atoms with Crippen LogP contribution in [-0.4, -0.2) is 60.1 Å². The predicted octanol–water partition coefficient (Wildman–Crippen LogP) is 9.42. The highest BCUT2D eigenvalue weighted by molar-refractivity contribution is 6.68. The molecule has 1 aromatic heterocycles. The molecule has 0 saturated heterocycles. The number of aromatic nitrogens is 1. The number of nitrogens with one attached hydrogen (secondary N) is 1. The number of fused-ring (bicyclic) bond motifs is 13. The van der Waals surface area contributed by atoms with Crippen LogP contribution in [0.2, 0.25) is 0 Å². The van der Waals surface area contributed by atoms with Crippen LogP contribution in [0.25, 0.3) is 10.8 Å². The Hall–Kier alpha value is -5.23. The van der Waals surface area contributed by atoms with Crippen molar-refractivity contribution in [1.82, 2.24) is 14.1 Å². The van der Waals surface area contributed by atoms with Gasteiger partial charge in [-0.05, 0) is 50.4 Å². The molecular formula is C46H46N8O2Si. The molecule has 10 nitrogen and oxygen atoms in total. The van der Waals surface area contributed by atoms with Gasteiger partial charge in [0.15, 0.2) is 17.5 Å². The summed E-state index contributed by atoms with van der Waals surface area (Å²) in [6.45, 7) is 1.17. The van der Waals surface area contributed by atoms with E-state index in [0.717, 1.165) is 106 Å². The van der Waals surface area contributed by atoms with E-state index < -0.39 is 15.0 Å². The molecule has 2 fully saturated rings. The van der Waals surface area contributed by atoms with Crippen LogP contribution in [0, 0.1) is 11.8 Å². The molecule has 57 heavy (non-hydrogen) atoms. The summed E-state index contributed by atoms with van der Waals surface area (Å²) in [6.07, 6.45) is 17.9. The van der Waals surface area contributed by atoms with Gasteiger partial charge in [0.05, 0.1) is 0 Å². The maximum atomic E-state index is 7.89. The lowest BCUT2D eigenvalue weighted by Gasteiger charge is -2.44. The Bertz CT molecular complexity index is 2540. The van der Waals surface area contributed by atoms with Crippen molar-refractivity contribution < 1.29 is 8.85 Å². The summed E-state index contributed by atoms with van der Waals surface area (Å²) in [5, 5.41) is 5.99. The highest BCUT2D eigenvalue weighted by atomic mass is 28.4. The van der Waals surface area contributed by atoms with Crippen LogP contribution in [0.3, 0.4) is 0 Å². The third-order valence-corrected chi connectivity index (χ3v) is 16.5. The Morgan fingerprint density at radius 2 is 1.26 bits per heavy atom. The molecule has 0 amide bonds. The molecule has 6 heterocycles. The number of hydrogen-bond acceptors (Lipinski definition) is 9.